The molecular weight excluding hydrogens is 250 g/mol. The van der Waals surface area contributed by atoms with Crippen molar-refractivity contribution in [1.29, 1.82) is 0 Å². The summed E-state index contributed by atoms with van der Waals surface area (Å²) in [7, 11) is 2.17. The summed E-state index contributed by atoms with van der Waals surface area (Å²) in [6.07, 6.45) is 4.64. The molecule has 2 fully saturated rings. The summed E-state index contributed by atoms with van der Waals surface area (Å²) >= 11 is 0. The number of nitrogens with one attached hydrogen (secondary N) is 2. The monoisotopic (exact) mass is 281 g/mol. The SMILES string of the molecule is CN1CCC(C)(CNC(=O)C2NCCCC2(C)C)CC1. The molecule has 0 aliphatic carbocycles. The number of hydrogen-bond donors (Lipinski definition) is 2. The third-order valence-electron chi connectivity index (χ3n) is 5.27. The molecule has 1 unspecified atom stereocenters. The second-order valence-corrected chi connectivity index (χ2v) is 7.81. The fraction of sp³-hybridized carbons (Fsp3) is 0.938. The molecule has 0 radical (unpaired) electrons. The molecule has 1 amide bonds. The van der Waals surface area contributed by atoms with Crippen LogP contribution in [-0.2, 0) is 4.79 Å². The molecule has 2 rings (SSSR count). The fourth-order valence-electron chi connectivity index (χ4n) is 3.40. The Kier molecular flexibility index (Phi) is 4.75. The topological polar surface area (TPSA) is 44.4 Å². The van der Waals surface area contributed by atoms with E-state index in [2.05, 4.69) is 43.4 Å². The molecule has 0 aromatic carbocycles. The van der Waals surface area contributed by atoms with E-state index >= 15 is 0 Å². The van der Waals surface area contributed by atoms with Crippen molar-refractivity contribution in [2.75, 3.05) is 33.2 Å². The first-order valence-corrected chi connectivity index (χ1v) is 8.02. The quantitative estimate of drug-likeness (QED) is 0.826. The number of nitrogens with zero attached hydrogens (tertiary/aromatic N) is 1. The average molecular weight is 281 g/mol. The van der Waals surface area contributed by atoms with Crippen molar-refractivity contribution in [2.24, 2.45) is 10.8 Å². The zero-order valence-electron chi connectivity index (χ0n) is 13.6. The molecular formula is C16H31N3O. The van der Waals surface area contributed by atoms with Crippen molar-refractivity contribution >= 4 is 5.91 Å². The lowest BCUT2D eigenvalue weighted by Crippen LogP contribution is -2.57. The first-order chi connectivity index (χ1) is 9.32. The summed E-state index contributed by atoms with van der Waals surface area (Å²) in [6.45, 7) is 10.7. The fourth-order valence-corrected chi connectivity index (χ4v) is 3.40. The van der Waals surface area contributed by atoms with E-state index in [1.807, 2.05) is 0 Å². The Morgan fingerprint density at radius 2 is 1.90 bits per heavy atom. The molecule has 2 aliphatic heterocycles. The highest BCUT2D eigenvalue weighted by molar-refractivity contribution is 5.82. The summed E-state index contributed by atoms with van der Waals surface area (Å²) in [5, 5.41) is 6.61. The van der Waals surface area contributed by atoms with E-state index in [1.165, 1.54) is 19.3 Å². The van der Waals surface area contributed by atoms with Crippen molar-refractivity contribution in [3.05, 3.63) is 0 Å². The maximum absolute atomic E-state index is 12.5. The third-order valence-corrected chi connectivity index (χ3v) is 5.27. The Balaban J connectivity index is 1.85. The Morgan fingerprint density at radius 3 is 2.50 bits per heavy atom. The van der Waals surface area contributed by atoms with Crippen LogP contribution in [0.3, 0.4) is 0 Å². The lowest BCUT2D eigenvalue weighted by molar-refractivity contribution is -0.127. The van der Waals surface area contributed by atoms with Gasteiger partial charge in [0.25, 0.3) is 0 Å². The number of carbonyl (C=O) groups is 1. The van der Waals surface area contributed by atoms with E-state index in [9.17, 15) is 4.79 Å². The second kappa shape index (κ2) is 6.02. The molecule has 0 spiro atoms. The van der Waals surface area contributed by atoms with Crippen LogP contribution < -0.4 is 10.6 Å². The highest BCUT2D eigenvalue weighted by Crippen LogP contribution is 2.32. The van der Waals surface area contributed by atoms with E-state index in [-0.39, 0.29) is 22.8 Å². The Morgan fingerprint density at radius 1 is 1.25 bits per heavy atom. The Bertz CT molecular complexity index is 346. The van der Waals surface area contributed by atoms with Crippen molar-refractivity contribution in [3.63, 3.8) is 0 Å². The van der Waals surface area contributed by atoms with Crippen molar-refractivity contribution < 1.29 is 4.79 Å². The summed E-state index contributed by atoms with van der Waals surface area (Å²) in [5.41, 5.74) is 0.330. The van der Waals surface area contributed by atoms with Gasteiger partial charge in [-0.3, -0.25) is 4.79 Å². The van der Waals surface area contributed by atoms with E-state index in [4.69, 9.17) is 0 Å². The van der Waals surface area contributed by atoms with Crippen LogP contribution in [0.15, 0.2) is 0 Å². The minimum atomic E-state index is -0.0360. The summed E-state index contributed by atoms with van der Waals surface area (Å²) in [4.78, 5) is 14.8. The number of rotatable bonds is 3. The molecule has 2 N–H and O–H groups in total. The molecule has 4 nitrogen and oxygen atoms in total. The van der Waals surface area contributed by atoms with Crippen LogP contribution in [0.4, 0.5) is 0 Å². The average Bonchev–Trinajstić information content (AvgIpc) is 2.40. The molecule has 0 bridgehead atoms. The minimum absolute atomic E-state index is 0.0360. The van der Waals surface area contributed by atoms with Gasteiger partial charge >= 0.3 is 0 Å². The highest BCUT2D eigenvalue weighted by atomic mass is 16.2. The predicted molar refractivity (Wildman–Crippen MR) is 82.7 cm³/mol. The number of likely N-dealkylation sites (tertiary alicyclic amines) is 1. The largest absolute Gasteiger partial charge is 0.354 e. The maximum atomic E-state index is 12.5. The standard InChI is InChI=1S/C16H31N3O/c1-15(2)6-5-9-17-13(15)14(20)18-12-16(3)7-10-19(4)11-8-16/h13,17H,5-12H2,1-4H3,(H,18,20). The number of piperidine rings is 2. The molecule has 116 valence electrons. The predicted octanol–water partition coefficient (Wildman–Crippen LogP) is 1.61. The second-order valence-electron chi connectivity index (χ2n) is 7.81. The normalized spacial score (nSPS) is 29.9. The number of carbonyl (C=O) groups excluding carboxylic acids is 1. The summed E-state index contributed by atoms with van der Waals surface area (Å²) < 4.78 is 0. The summed E-state index contributed by atoms with van der Waals surface area (Å²) in [6, 6.07) is -0.0360. The van der Waals surface area contributed by atoms with Crippen LogP contribution in [0, 0.1) is 10.8 Å². The minimum Gasteiger partial charge on any atom is -0.354 e. The smallest absolute Gasteiger partial charge is 0.237 e. The van der Waals surface area contributed by atoms with Gasteiger partial charge in [-0.15, -0.1) is 0 Å². The zero-order chi connectivity index (χ0) is 14.8. The van der Waals surface area contributed by atoms with Gasteiger partial charge in [-0.25, -0.2) is 0 Å². The molecule has 20 heavy (non-hydrogen) atoms. The van der Waals surface area contributed by atoms with E-state index in [0.29, 0.717) is 0 Å². The number of hydrogen-bond acceptors (Lipinski definition) is 3. The van der Waals surface area contributed by atoms with Gasteiger partial charge in [0.1, 0.15) is 0 Å². The van der Waals surface area contributed by atoms with Gasteiger partial charge in [-0.1, -0.05) is 20.8 Å². The lowest BCUT2D eigenvalue weighted by atomic mass is 9.76. The van der Waals surface area contributed by atoms with Crippen LogP contribution in [0.1, 0.15) is 46.5 Å². The molecule has 2 aliphatic rings. The van der Waals surface area contributed by atoms with Crippen molar-refractivity contribution in [3.8, 4) is 0 Å². The maximum Gasteiger partial charge on any atom is 0.237 e. The van der Waals surface area contributed by atoms with E-state index in [1.54, 1.807) is 0 Å². The van der Waals surface area contributed by atoms with Gasteiger partial charge in [0, 0.05) is 6.54 Å². The summed E-state index contributed by atoms with van der Waals surface area (Å²) in [5.74, 6) is 0.190. The van der Waals surface area contributed by atoms with Gasteiger partial charge in [-0.2, -0.15) is 0 Å². The first kappa shape index (κ1) is 15.8. The van der Waals surface area contributed by atoms with Crippen molar-refractivity contribution in [1.82, 2.24) is 15.5 Å². The molecule has 1 atom stereocenters. The van der Waals surface area contributed by atoms with Crippen molar-refractivity contribution in [2.45, 2.75) is 52.5 Å². The van der Waals surface area contributed by atoms with Gasteiger partial charge in [0.15, 0.2) is 0 Å². The molecule has 2 saturated heterocycles. The van der Waals surface area contributed by atoms with Crippen LogP contribution >= 0.6 is 0 Å². The van der Waals surface area contributed by atoms with Crippen LogP contribution in [0.25, 0.3) is 0 Å². The van der Waals surface area contributed by atoms with Crippen LogP contribution in [-0.4, -0.2) is 50.1 Å². The number of amides is 1. The zero-order valence-corrected chi connectivity index (χ0v) is 13.6. The first-order valence-electron chi connectivity index (χ1n) is 8.02. The van der Waals surface area contributed by atoms with E-state index < -0.39 is 0 Å². The Hall–Kier alpha value is -0.610. The van der Waals surface area contributed by atoms with Gasteiger partial charge in [0.2, 0.25) is 5.91 Å². The van der Waals surface area contributed by atoms with Crippen LogP contribution in [0.2, 0.25) is 0 Å². The van der Waals surface area contributed by atoms with Gasteiger partial charge in [-0.05, 0) is 63.2 Å². The highest BCUT2D eigenvalue weighted by Gasteiger charge is 2.38. The molecule has 0 aromatic heterocycles. The lowest BCUT2D eigenvalue weighted by Gasteiger charge is -2.41. The van der Waals surface area contributed by atoms with Crippen LogP contribution in [0.5, 0.6) is 0 Å². The third kappa shape index (κ3) is 3.73. The van der Waals surface area contributed by atoms with Gasteiger partial charge in [0.05, 0.1) is 6.04 Å². The molecule has 0 aromatic rings. The molecule has 0 saturated carbocycles. The molecule has 4 heteroatoms. The van der Waals surface area contributed by atoms with E-state index in [0.717, 1.165) is 32.6 Å². The van der Waals surface area contributed by atoms with Gasteiger partial charge < -0.3 is 15.5 Å². The molecule has 2 heterocycles. The Labute approximate surface area is 123 Å².